The number of hydrogen-bond acceptors (Lipinski definition) is 3. The lowest BCUT2D eigenvalue weighted by molar-refractivity contribution is -0.122. The summed E-state index contributed by atoms with van der Waals surface area (Å²) in [4.78, 5) is 11.6. The summed E-state index contributed by atoms with van der Waals surface area (Å²) in [5, 5.41) is 9.90. The van der Waals surface area contributed by atoms with E-state index >= 15 is 0 Å². The van der Waals surface area contributed by atoms with Gasteiger partial charge in [0.05, 0.1) is 0 Å². The highest BCUT2D eigenvalue weighted by molar-refractivity contribution is 5.76. The van der Waals surface area contributed by atoms with E-state index in [1.807, 2.05) is 20.8 Å². The molecule has 1 saturated heterocycles. The van der Waals surface area contributed by atoms with E-state index in [9.17, 15) is 4.79 Å². The van der Waals surface area contributed by atoms with Crippen LogP contribution in [0.2, 0.25) is 0 Å². The zero-order valence-electron chi connectivity index (χ0n) is 12.3. The maximum absolute atomic E-state index is 11.6. The van der Waals surface area contributed by atoms with Gasteiger partial charge in [-0.3, -0.25) is 4.79 Å². The molecule has 0 spiro atoms. The Labute approximate surface area is 111 Å². The summed E-state index contributed by atoms with van der Waals surface area (Å²) >= 11 is 0. The summed E-state index contributed by atoms with van der Waals surface area (Å²) in [5.41, 5.74) is -0.129. The van der Waals surface area contributed by atoms with E-state index in [1.54, 1.807) is 0 Å². The van der Waals surface area contributed by atoms with Crippen molar-refractivity contribution in [2.75, 3.05) is 13.1 Å². The van der Waals surface area contributed by atoms with Crippen molar-refractivity contribution in [3.05, 3.63) is 0 Å². The minimum absolute atomic E-state index is 0.126. The average molecular weight is 255 g/mol. The predicted molar refractivity (Wildman–Crippen MR) is 75.6 cm³/mol. The van der Waals surface area contributed by atoms with Crippen molar-refractivity contribution in [2.45, 2.75) is 71.0 Å². The molecule has 0 radical (unpaired) electrons. The molecule has 1 amide bonds. The highest BCUT2D eigenvalue weighted by Crippen LogP contribution is 2.10. The van der Waals surface area contributed by atoms with Gasteiger partial charge in [0.1, 0.15) is 0 Å². The third-order valence-corrected chi connectivity index (χ3v) is 3.16. The molecule has 0 saturated carbocycles. The third kappa shape index (κ3) is 6.97. The molecule has 0 bridgehead atoms. The Morgan fingerprint density at radius 1 is 1.44 bits per heavy atom. The molecular weight excluding hydrogens is 226 g/mol. The van der Waals surface area contributed by atoms with Gasteiger partial charge >= 0.3 is 0 Å². The average Bonchev–Trinajstić information content (AvgIpc) is 2.67. The van der Waals surface area contributed by atoms with Crippen LogP contribution in [0.5, 0.6) is 0 Å². The maximum atomic E-state index is 11.6. The molecule has 2 unspecified atom stereocenters. The lowest BCUT2D eigenvalue weighted by Gasteiger charge is -2.21. The molecule has 1 heterocycles. The Kier molecular flexibility index (Phi) is 6.09. The summed E-state index contributed by atoms with van der Waals surface area (Å²) < 4.78 is 0. The van der Waals surface area contributed by atoms with Crippen molar-refractivity contribution in [3.63, 3.8) is 0 Å². The van der Waals surface area contributed by atoms with Crippen LogP contribution in [0.15, 0.2) is 0 Å². The van der Waals surface area contributed by atoms with Gasteiger partial charge in [-0.05, 0) is 53.5 Å². The van der Waals surface area contributed by atoms with Crippen molar-refractivity contribution in [2.24, 2.45) is 0 Å². The summed E-state index contributed by atoms with van der Waals surface area (Å²) in [7, 11) is 0. The van der Waals surface area contributed by atoms with Gasteiger partial charge in [0, 0.05) is 30.6 Å². The van der Waals surface area contributed by atoms with Crippen molar-refractivity contribution >= 4 is 5.91 Å². The van der Waals surface area contributed by atoms with Gasteiger partial charge in [-0.1, -0.05) is 0 Å². The second-order valence-electron chi connectivity index (χ2n) is 6.43. The van der Waals surface area contributed by atoms with E-state index in [0.717, 1.165) is 19.5 Å². The molecule has 0 aromatic rings. The van der Waals surface area contributed by atoms with Crippen LogP contribution in [-0.4, -0.2) is 36.6 Å². The monoisotopic (exact) mass is 255 g/mol. The van der Waals surface area contributed by atoms with E-state index in [-0.39, 0.29) is 11.4 Å². The number of nitrogens with one attached hydrogen (secondary N) is 3. The second kappa shape index (κ2) is 7.10. The van der Waals surface area contributed by atoms with Crippen molar-refractivity contribution in [1.82, 2.24) is 16.0 Å². The molecule has 3 N–H and O–H groups in total. The quantitative estimate of drug-likeness (QED) is 0.673. The number of amides is 1. The normalized spacial score (nSPS) is 21.9. The van der Waals surface area contributed by atoms with Crippen LogP contribution in [-0.2, 0) is 4.79 Å². The topological polar surface area (TPSA) is 53.2 Å². The Balaban J connectivity index is 2.07. The van der Waals surface area contributed by atoms with Crippen LogP contribution in [0.25, 0.3) is 0 Å². The van der Waals surface area contributed by atoms with Gasteiger partial charge < -0.3 is 16.0 Å². The molecule has 0 aromatic carbocycles. The molecule has 0 aliphatic carbocycles. The maximum Gasteiger partial charge on any atom is 0.221 e. The van der Waals surface area contributed by atoms with E-state index < -0.39 is 0 Å². The van der Waals surface area contributed by atoms with Gasteiger partial charge in [0.2, 0.25) is 5.91 Å². The fourth-order valence-electron chi connectivity index (χ4n) is 2.38. The minimum Gasteiger partial charge on any atom is -0.351 e. The standard InChI is InChI=1S/C14H29N3O/c1-11(10-12-6-5-8-16-12)15-9-7-13(18)17-14(2,3)4/h11-12,15-16H,5-10H2,1-4H3,(H,17,18). The summed E-state index contributed by atoms with van der Waals surface area (Å²) in [6.07, 6.45) is 4.29. The first-order valence-electron chi connectivity index (χ1n) is 7.14. The molecule has 1 rings (SSSR count). The first-order chi connectivity index (χ1) is 8.37. The Morgan fingerprint density at radius 2 is 2.17 bits per heavy atom. The van der Waals surface area contributed by atoms with Crippen LogP contribution in [0.4, 0.5) is 0 Å². The van der Waals surface area contributed by atoms with Gasteiger partial charge in [-0.25, -0.2) is 0 Å². The van der Waals surface area contributed by atoms with Gasteiger partial charge in [0.15, 0.2) is 0 Å². The highest BCUT2D eigenvalue weighted by Gasteiger charge is 2.17. The molecule has 1 aliphatic rings. The molecule has 4 heteroatoms. The number of carbonyl (C=O) groups excluding carboxylic acids is 1. The van der Waals surface area contributed by atoms with Crippen LogP contribution in [0.1, 0.15) is 53.4 Å². The Bertz CT molecular complexity index is 254. The SMILES string of the molecule is CC(CC1CCCN1)NCCC(=O)NC(C)(C)C. The van der Waals surface area contributed by atoms with Crippen molar-refractivity contribution in [3.8, 4) is 0 Å². The predicted octanol–water partition coefficient (Wildman–Crippen LogP) is 1.41. The molecule has 1 aliphatic heterocycles. The second-order valence-corrected chi connectivity index (χ2v) is 6.43. The summed E-state index contributed by atoms with van der Waals surface area (Å²) in [6, 6.07) is 1.14. The van der Waals surface area contributed by atoms with E-state index in [1.165, 1.54) is 12.8 Å². The van der Waals surface area contributed by atoms with Crippen molar-refractivity contribution < 1.29 is 4.79 Å². The first kappa shape index (κ1) is 15.4. The first-order valence-corrected chi connectivity index (χ1v) is 7.14. The van der Waals surface area contributed by atoms with Gasteiger partial charge in [-0.2, -0.15) is 0 Å². The minimum atomic E-state index is -0.129. The summed E-state index contributed by atoms with van der Waals surface area (Å²) in [6.45, 7) is 10.1. The number of hydrogen-bond donors (Lipinski definition) is 3. The fourth-order valence-corrected chi connectivity index (χ4v) is 2.38. The van der Waals surface area contributed by atoms with E-state index in [0.29, 0.717) is 18.5 Å². The Hall–Kier alpha value is -0.610. The lowest BCUT2D eigenvalue weighted by Crippen LogP contribution is -2.42. The zero-order valence-corrected chi connectivity index (χ0v) is 12.3. The van der Waals surface area contributed by atoms with E-state index in [4.69, 9.17) is 0 Å². The highest BCUT2D eigenvalue weighted by atomic mass is 16.1. The van der Waals surface area contributed by atoms with Gasteiger partial charge in [0.25, 0.3) is 0 Å². The van der Waals surface area contributed by atoms with Crippen LogP contribution >= 0.6 is 0 Å². The molecule has 0 aromatic heterocycles. The van der Waals surface area contributed by atoms with Crippen LogP contribution in [0, 0.1) is 0 Å². The fraction of sp³-hybridized carbons (Fsp3) is 0.929. The largest absolute Gasteiger partial charge is 0.351 e. The van der Waals surface area contributed by atoms with Crippen LogP contribution in [0.3, 0.4) is 0 Å². The van der Waals surface area contributed by atoms with Crippen LogP contribution < -0.4 is 16.0 Å². The molecule has 106 valence electrons. The lowest BCUT2D eigenvalue weighted by atomic mass is 10.1. The third-order valence-electron chi connectivity index (χ3n) is 3.16. The molecular formula is C14H29N3O. The molecule has 18 heavy (non-hydrogen) atoms. The Morgan fingerprint density at radius 3 is 2.72 bits per heavy atom. The summed E-state index contributed by atoms with van der Waals surface area (Å²) in [5.74, 6) is 0.126. The molecule has 1 fully saturated rings. The van der Waals surface area contributed by atoms with Gasteiger partial charge in [-0.15, -0.1) is 0 Å². The number of rotatable bonds is 6. The molecule has 4 nitrogen and oxygen atoms in total. The van der Waals surface area contributed by atoms with Crippen molar-refractivity contribution in [1.29, 1.82) is 0 Å². The smallest absolute Gasteiger partial charge is 0.221 e. The molecule has 2 atom stereocenters. The van der Waals surface area contributed by atoms with E-state index in [2.05, 4.69) is 22.9 Å². The zero-order chi connectivity index (χ0) is 13.6. The number of carbonyl (C=O) groups is 1.